The van der Waals surface area contributed by atoms with E-state index in [1.54, 1.807) is 0 Å². The Kier molecular flexibility index (Phi) is 6.88. The minimum atomic E-state index is -5.00. The third-order valence-electron chi connectivity index (χ3n) is 1.64. The predicted octanol–water partition coefficient (Wildman–Crippen LogP) is 0.238. The van der Waals surface area contributed by atoms with Crippen LogP contribution in [0.25, 0.3) is 6.08 Å². The van der Waals surface area contributed by atoms with Gasteiger partial charge in [-0.3, -0.25) is 0 Å². The van der Waals surface area contributed by atoms with Crippen LogP contribution in [-0.2, 0) is 0 Å². The first-order valence-corrected chi connectivity index (χ1v) is 4.14. The van der Waals surface area contributed by atoms with E-state index in [0.717, 1.165) is 18.2 Å². The van der Waals surface area contributed by atoms with Gasteiger partial charge in [-0.15, -0.1) is 5.98 Å². The molecule has 0 aliphatic carbocycles. The molecule has 0 aliphatic heterocycles. The van der Waals surface area contributed by atoms with Gasteiger partial charge in [0.2, 0.25) is 0 Å². The first-order valence-electron chi connectivity index (χ1n) is 4.14. The van der Waals surface area contributed by atoms with Crippen molar-refractivity contribution in [2.75, 3.05) is 7.11 Å². The average molecular weight is 258 g/mol. The van der Waals surface area contributed by atoms with E-state index >= 15 is 0 Å². The molecule has 0 bridgehead atoms. The molecule has 82 valence electrons. The summed E-state index contributed by atoms with van der Waals surface area (Å²) in [5.41, 5.74) is 0.117. The van der Waals surface area contributed by atoms with E-state index in [-0.39, 0.29) is 68.7 Å². The van der Waals surface area contributed by atoms with Gasteiger partial charge in [0.05, 0.1) is 7.11 Å². The number of hydrogen-bond donors (Lipinski definition) is 0. The summed E-state index contributed by atoms with van der Waals surface area (Å²) in [5.74, 6) is -0.346. The molecule has 0 saturated heterocycles. The first-order chi connectivity index (χ1) is 6.90. The molecule has 0 aliphatic rings. The molecule has 0 aromatic heterocycles. The maximum Gasteiger partial charge on any atom is 1.00 e. The standard InChI is InChI=1S/C9H8BF4O.K/c1-15-9-5-7(4-8(11)6-9)2-3-10(12,13)14;/h2-6H,1H3;/q-1;+1/b3-2+;. The summed E-state index contributed by atoms with van der Waals surface area (Å²) in [6.45, 7) is -5.00. The monoisotopic (exact) mass is 258 g/mol. The van der Waals surface area contributed by atoms with Crippen LogP contribution in [0, 0.1) is 5.82 Å². The maximum absolute atomic E-state index is 12.8. The summed E-state index contributed by atoms with van der Waals surface area (Å²) < 4.78 is 53.2. The SMILES string of the molecule is COc1cc(F)cc(/C=C/[B-](F)(F)F)c1.[K+]. The Labute approximate surface area is 133 Å². The molecule has 0 amide bonds. The van der Waals surface area contributed by atoms with Gasteiger partial charge in [-0.2, -0.15) is 0 Å². The molecule has 1 aromatic rings. The van der Waals surface area contributed by atoms with Gasteiger partial charge in [0.1, 0.15) is 11.6 Å². The Morgan fingerprint density at radius 1 is 1.19 bits per heavy atom. The quantitative estimate of drug-likeness (QED) is 0.557. The number of methoxy groups -OCH3 is 1. The topological polar surface area (TPSA) is 9.23 Å². The Morgan fingerprint density at radius 2 is 1.81 bits per heavy atom. The van der Waals surface area contributed by atoms with E-state index in [1.807, 2.05) is 0 Å². The summed E-state index contributed by atoms with van der Waals surface area (Å²) >= 11 is 0. The summed E-state index contributed by atoms with van der Waals surface area (Å²) in [5, 5.41) is 0. The van der Waals surface area contributed by atoms with Crippen LogP contribution in [0.1, 0.15) is 5.56 Å². The van der Waals surface area contributed by atoms with Crippen molar-refractivity contribution in [3.63, 3.8) is 0 Å². The fourth-order valence-corrected chi connectivity index (χ4v) is 1.02. The fourth-order valence-electron chi connectivity index (χ4n) is 1.02. The Hall–Kier alpha value is 0.181. The molecule has 0 saturated carbocycles. The van der Waals surface area contributed by atoms with Crippen molar-refractivity contribution in [3.8, 4) is 5.75 Å². The van der Waals surface area contributed by atoms with Crippen molar-refractivity contribution < 1.29 is 73.5 Å². The van der Waals surface area contributed by atoms with E-state index in [9.17, 15) is 17.3 Å². The molecule has 0 N–H and O–H groups in total. The number of benzene rings is 1. The second-order valence-electron chi connectivity index (χ2n) is 2.91. The van der Waals surface area contributed by atoms with Crippen molar-refractivity contribution in [2.45, 2.75) is 0 Å². The van der Waals surface area contributed by atoms with Crippen LogP contribution >= 0.6 is 0 Å². The molecular formula is C9H8BF4KO. The third-order valence-corrected chi connectivity index (χ3v) is 1.64. The van der Waals surface area contributed by atoms with Gasteiger partial charge in [-0.25, -0.2) is 4.39 Å². The molecule has 1 nitrogen and oxygen atoms in total. The van der Waals surface area contributed by atoms with Gasteiger partial charge >= 0.3 is 58.4 Å². The molecule has 7 heteroatoms. The Balaban J connectivity index is 0.00000225. The van der Waals surface area contributed by atoms with E-state index in [2.05, 4.69) is 0 Å². The van der Waals surface area contributed by atoms with Gasteiger partial charge in [-0.05, 0) is 17.7 Å². The van der Waals surface area contributed by atoms with Crippen LogP contribution in [0.15, 0.2) is 24.2 Å². The zero-order chi connectivity index (χ0) is 11.5. The molecule has 0 radical (unpaired) electrons. The molecule has 0 spiro atoms. The normalized spacial score (nSPS) is 11.3. The minimum Gasteiger partial charge on any atom is -0.497 e. The third kappa shape index (κ3) is 6.05. The van der Waals surface area contributed by atoms with Crippen LogP contribution in [0.3, 0.4) is 0 Å². The summed E-state index contributed by atoms with van der Waals surface area (Å²) in [6, 6.07) is 3.41. The van der Waals surface area contributed by atoms with Crippen molar-refractivity contribution in [1.29, 1.82) is 0 Å². The predicted molar refractivity (Wildman–Crippen MR) is 51.1 cm³/mol. The molecule has 16 heavy (non-hydrogen) atoms. The average Bonchev–Trinajstić information content (AvgIpc) is 2.13. The number of hydrogen-bond acceptors (Lipinski definition) is 1. The molecular weight excluding hydrogens is 250 g/mol. The van der Waals surface area contributed by atoms with Crippen LogP contribution in [0.4, 0.5) is 17.3 Å². The first kappa shape index (κ1) is 16.2. The Morgan fingerprint density at radius 3 is 2.31 bits per heavy atom. The molecule has 1 aromatic carbocycles. The molecule has 0 heterocycles. The van der Waals surface area contributed by atoms with Crippen LogP contribution in [-0.4, -0.2) is 14.1 Å². The van der Waals surface area contributed by atoms with Crippen molar-refractivity contribution in [1.82, 2.24) is 0 Å². The largest absolute Gasteiger partial charge is 1.00 e. The summed E-state index contributed by atoms with van der Waals surface area (Å²) in [7, 11) is 1.32. The fraction of sp³-hybridized carbons (Fsp3) is 0.111. The van der Waals surface area contributed by atoms with Gasteiger partial charge in [0, 0.05) is 6.07 Å². The van der Waals surface area contributed by atoms with Crippen LogP contribution in [0.5, 0.6) is 5.75 Å². The molecule has 0 atom stereocenters. The van der Waals surface area contributed by atoms with Crippen molar-refractivity contribution >= 4 is 13.1 Å². The Bertz CT molecular complexity index is 378. The maximum atomic E-state index is 12.8. The summed E-state index contributed by atoms with van der Waals surface area (Å²) in [6.07, 6.45) is 0.811. The second kappa shape index (κ2) is 6.81. The van der Waals surface area contributed by atoms with E-state index < -0.39 is 12.8 Å². The van der Waals surface area contributed by atoms with E-state index in [4.69, 9.17) is 4.74 Å². The number of rotatable bonds is 3. The minimum absolute atomic E-state index is 0. The summed E-state index contributed by atoms with van der Waals surface area (Å²) in [4.78, 5) is 0. The second-order valence-corrected chi connectivity index (χ2v) is 2.91. The van der Waals surface area contributed by atoms with Crippen LogP contribution in [0.2, 0.25) is 0 Å². The number of ether oxygens (including phenoxy) is 1. The number of halogens is 4. The molecule has 0 unspecified atom stereocenters. The van der Waals surface area contributed by atoms with Gasteiger partial charge in [-0.1, -0.05) is 6.08 Å². The molecule has 1 rings (SSSR count). The van der Waals surface area contributed by atoms with Crippen molar-refractivity contribution in [3.05, 3.63) is 35.6 Å². The van der Waals surface area contributed by atoms with Gasteiger partial charge in [0.15, 0.2) is 0 Å². The van der Waals surface area contributed by atoms with E-state index in [1.165, 1.54) is 13.2 Å². The van der Waals surface area contributed by atoms with Crippen molar-refractivity contribution in [2.24, 2.45) is 0 Å². The molecule has 0 fully saturated rings. The van der Waals surface area contributed by atoms with Gasteiger partial charge < -0.3 is 17.7 Å². The zero-order valence-electron chi connectivity index (χ0n) is 8.88. The smallest absolute Gasteiger partial charge is 0.497 e. The van der Waals surface area contributed by atoms with Gasteiger partial charge in [0.25, 0.3) is 0 Å². The van der Waals surface area contributed by atoms with Crippen LogP contribution < -0.4 is 56.1 Å². The van der Waals surface area contributed by atoms with E-state index in [0.29, 0.717) is 0 Å². The zero-order valence-corrected chi connectivity index (χ0v) is 12.0.